The van der Waals surface area contributed by atoms with E-state index in [9.17, 15) is 9.90 Å². The van der Waals surface area contributed by atoms with E-state index in [0.29, 0.717) is 5.92 Å². The summed E-state index contributed by atoms with van der Waals surface area (Å²) in [4.78, 5) is 11.5. The predicted molar refractivity (Wildman–Crippen MR) is 70.8 cm³/mol. The minimum atomic E-state index is -0.643. The van der Waals surface area contributed by atoms with E-state index in [1.54, 1.807) is 0 Å². The lowest BCUT2D eigenvalue weighted by molar-refractivity contribution is -0.141. The van der Waals surface area contributed by atoms with Gasteiger partial charge in [-0.3, -0.25) is 4.79 Å². The minimum Gasteiger partial charge on any atom is -0.481 e. The fraction of sp³-hybridized carbons (Fsp3) is 0.562. The Bertz CT molecular complexity index is 460. The van der Waals surface area contributed by atoms with Gasteiger partial charge in [-0.15, -0.1) is 0 Å². The highest BCUT2D eigenvalue weighted by Crippen LogP contribution is 2.40. The highest BCUT2D eigenvalue weighted by Gasteiger charge is 2.34. The number of hydrogen-bond donors (Lipinski definition) is 1. The van der Waals surface area contributed by atoms with Crippen LogP contribution in [0.1, 0.15) is 54.7 Å². The van der Waals surface area contributed by atoms with Gasteiger partial charge in [0.25, 0.3) is 0 Å². The fourth-order valence-electron chi connectivity index (χ4n) is 3.34. The molecule has 2 heteroatoms. The summed E-state index contributed by atoms with van der Waals surface area (Å²) in [7, 11) is 0. The molecule has 2 aliphatic rings. The Morgan fingerprint density at radius 1 is 1.11 bits per heavy atom. The van der Waals surface area contributed by atoms with Crippen LogP contribution in [-0.2, 0) is 17.6 Å². The summed E-state index contributed by atoms with van der Waals surface area (Å²) >= 11 is 0. The van der Waals surface area contributed by atoms with Crippen molar-refractivity contribution in [1.82, 2.24) is 0 Å². The van der Waals surface area contributed by atoms with Crippen molar-refractivity contribution in [2.24, 2.45) is 5.92 Å². The first-order valence-electron chi connectivity index (χ1n) is 7.10. The Morgan fingerprint density at radius 3 is 2.44 bits per heavy atom. The normalized spacial score (nSPS) is 20.9. The zero-order chi connectivity index (χ0) is 12.5. The fourth-order valence-corrected chi connectivity index (χ4v) is 3.34. The van der Waals surface area contributed by atoms with Crippen LogP contribution in [0.4, 0.5) is 0 Å². The summed E-state index contributed by atoms with van der Waals surface area (Å²) < 4.78 is 0. The van der Waals surface area contributed by atoms with Crippen molar-refractivity contribution in [2.45, 2.75) is 50.9 Å². The van der Waals surface area contributed by atoms with Gasteiger partial charge in [-0.05, 0) is 61.1 Å². The van der Waals surface area contributed by atoms with Crippen molar-refractivity contribution in [1.29, 1.82) is 0 Å². The van der Waals surface area contributed by atoms with Crippen molar-refractivity contribution in [3.8, 4) is 0 Å². The number of aliphatic carboxylic acids is 1. The van der Waals surface area contributed by atoms with Gasteiger partial charge in [-0.1, -0.05) is 24.6 Å². The molecule has 0 amide bonds. The first-order chi connectivity index (χ1) is 8.75. The molecule has 96 valence electrons. The van der Waals surface area contributed by atoms with Crippen molar-refractivity contribution in [3.05, 3.63) is 34.9 Å². The molecule has 2 nitrogen and oxygen atoms in total. The zero-order valence-electron chi connectivity index (χ0n) is 10.7. The molecular formula is C16H20O2. The second-order valence-corrected chi connectivity index (χ2v) is 5.74. The van der Waals surface area contributed by atoms with Crippen molar-refractivity contribution < 1.29 is 9.90 Å². The van der Waals surface area contributed by atoms with Crippen LogP contribution in [0, 0.1) is 5.92 Å². The van der Waals surface area contributed by atoms with Crippen LogP contribution < -0.4 is 0 Å². The smallest absolute Gasteiger partial charge is 0.311 e. The summed E-state index contributed by atoms with van der Waals surface area (Å²) in [5.74, 6) is -0.550. The van der Waals surface area contributed by atoms with Gasteiger partial charge in [0.2, 0.25) is 0 Å². The van der Waals surface area contributed by atoms with Crippen molar-refractivity contribution in [2.75, 3.05) is 0 Å². The van der Waals surface area contributed by atoms with Gasteiger partial charge in [0, 0.05) is 0 Å². The summed E-state index contributed by atoms with van der Waals surface area (Å²) in [6.45, 7) is 0. The lowest BCUT2D eigenvalue weighted by Gasteiger charge is -2.32. The number of rotatable bonds is 3. The molecule has 0 saturated heterocycles. The maximum absolute atomic E-state index is 11.5. The number of hydrogen-bond acceptors (Lipinski definition) is 1. The van der Waals surface area contributed by atoms with E-state index < -0.39 is 5.97 Å². The van der Waals surface area contributed by atoms with Crippen LogP contribution >= 0.6 is 0 Å². The predicted octanol–water partition coefficient (Wildman–Crippen LogP) is 3.53. The summed E-state index contributed by atoms with van der Waals surface area (Å²) in [5, 5.41) is 9.47. The number of carboxylic acid groups (broad SMARTS) is 1. The van der Waals surface area contributed by atoms with Crippen LogP contribution in [0.3, 0.4) is 0 Å². The van der Waals surface area contributed by atoms with Gasteiger partial charge >= 0.3 is 5.97 Å². The average Bonchev–Trinajstić information content (AvgIpc) is 2.32. The van der Waals surface area contributed by atoms with E-state index in [0.717, 1.165) is 31.2 Å². The second-order valence-electron chi connectivity index (χ2n) is 5.74. The summed E-state index contributed by atoms with van der Waals surface area (Å²) in [6.07, 6.45) is 8.16. The largest absolute Gasteiger partial charge is 0.481 e. The molecule has 3 rings (SSSR count). The molecule has 0 radical (unpaired) electrons. The first-order valence-corrected chi connectivity index (χ1v) is 7.10. The summed E-state index contributed by atoms with van der Waals surface area (Å²) in [5.41, 5.74) is 3.86. The Kier molecular flexibility index (Phi) is 3.11. The third-order valence-electron chi connectivity index (χ3n) is 4.62. The molecule has 1 atom stereocenters. The van der Waals surface area contributed by atoms with Gasteiger partial charge in [0.15, 0.2) is 0 Å². The maximum atomic E-state index is 11.5. The van der Waals surface area contributed by atoms with E-state index in [1.165, 1.54) is 30.4 Å². The van der Waals surface area contributed by atoms with Crippen LogP contribution in [0.2, 0.25) is 0 Å². The molecule has 1 aromatic rings. The van der Waals surface area contributed by atoms with Crippen LogP contribution in [0.5, 0.6) is 0 Å². The molecule has 0 heterocycles. The molecule has 0 spiro atoms. The van der Waals surface area contributed by atoms with E-state index in [2.05, 4.69) is 18.2 Å². The molecule has 2 aliphatic carbocycles. The van der Waals surface area contributed by atoms with E-state index in [-0.39, 0.29) is 5.92 Å². The van der Waals surface area contributed by atoms with Gasteiger partial charge in [-0.2, -0.15) is 0 Å². The molecule has 1 aromatic carbocycles. The molecule has 0 aromatic heterocycles. The third-order valence-corrected chi connectivity index (χ3v) is 4.62. The topological polar surface area (TPSA) is 37.3 Å². The monoisotopic (exact) mass is 244 g/mol. The molecule has 1 unspecified atom stereocenters. The van der Waals surface area contributed by atoms with Gasteiger partial charge < -0.3 is 5.11 Å². The number of carboxylic acids is 1. The SMILES string of the molecule is O=C(O)C(c1ccc2c(c1)CCCC2)C1CCC1. The number of aryl methyl sites for hydroxylation is 2. The van der Waals surface area contributed by atoms with Gasteiger partial charge in [0.05, 0.1) is 5.92 Å². The van der Waals surface area contributed by atoms with Crippen LogP contribution in [0.15, 0.2) is 18.2 Å². The quantitative estimate of drug-likeness (QED) is 0.883. The first kappa shape index (κ1) is 11.8. The van der Waals surface area contributed by atoms with Crippen molar-refractivity contribution in [3.63, 3.8) is 0 Å². The maximum Gasteiger partial charge on any atom is 0.311 e. The number of benzene rings is 1. The molecule has 0 aliphatic heterocycles. The highest BCUT2D eigenvalue weighted by atomic mass is 16.4. The third kappa shape index (κ3) is 2.05. The Balaban J connectivity index is 1.91. The Hall–Kier alpha value is -1.31. The molecule has 18 heavy (non-hydrogen) atoms. The molecule has 0 bridgehead atoms. The molecule has 1 N–H and O–H groups in total. The van der Waals surface area contributed by atoms with Gasteiger partial charge in [-0.25, -0.2) is 0 Å². The lowest BCUT2D eigenvalue weighted by Crippen LogP contribution is -2.27. The average molecular weight is 244 g/mol. The lowest BCUT2D eigenvalue weighted by atomic mass is 9.72. The Labute approximate surface area is 108 Å². The van der Waals surface area contributed by atoms with Crippen LogP contribution in [0.25, 0.3) is 0 Å². The van der Waals surface area contributed by atoms with E-state index in [1.807, 2.05) is 0 Å². The molecule has 1 fully saturated rings. The minimum absolute atomic E-state index is 0.272. The zero-order valence-corrected chi connectivity index (χ0v) is 10.7. The second kappa shape index (κ2) is 4.75. The Morgan fingerprint density at radius 2 is 1.83 bits per heavy atom. The molecule has 1 saturated carbocycles. The molecular weight excluding hydrogens is 224 g/mol. The highest BCUT2D eigenvalue weighted by molar-refractivity contribution is 5.76. The standard InChI is InChI=1S/C16H20O2/c17-16(18)15(12-6-3-7-12)14-9-8-11-4-1-2-5-13(11)10-14/h8-10,12,15H,1-7H2,(H,17,18). The number of carbonyl (C=O) groups is 1. The van der Waals surface area contributed by atoms with E-state index >= 15 is 0 Å². The van der Waals surface area contributed by atoms with Crippen LogP contribution in [-0.4, -0.2) is 11.1 Å². The number of fused-ring (bicyclic) bond motifs is 1. The van der Waals surface area contributed by atoms with Crippen molar-refractivity contribution >= 4 is 5.97 Å². The summed E-state index contributed by atoms with van der Waals surface area (Å²) in [6, 6.07) is 6.39. The van der Waals surface area contributed by atoms with E-state index in [4.69, 9.17) is 0 Å². The van der Waals surface area contributed by atoms with Gasteiger partial charge in [0.1, 0.15) is 0 Å².